The molecule has 0 bridgehead atoms. The highest BCUT2D eigenvalue weighted by Crippen LogP contribution is 2.17. The van der Waals surface area contributed by atoms with Crippen molar-refractivity contribution in [2.75, 3.05) is 13.1 Å². The minimum atomic E-state index is -1.20. The molecule has 0 aliphatic rings. The highest BCUT2D eigenvalue weighted by molar-refractivity contribution is 14.1. The Kier molecular flexibility index (Phi) is 16.7. The summed E-state index contributed by atoms with van der Waals surface area (Å²) in [7, 11) is 0. The highest BCUT2D eigenvalue weighted by atomic mass is 127. The second-order valence-electron chi connectivity index (χ2n) is 12.5. The van der Waals surface area contributed by atoms with Gasteiger partial charge in [0.25, 0.3) is 0 Å². The number of halogens is 1. The lowest BCUT2D eigenvalue weighted by atomic mass is 9.99. The second-order valence-corrected chi connectivity index (χ2v) is 13.7. The van der Waals surface area contributed by atoms with E-state index in [9.17, 15) is 24.0 Å². The summed E-state index contributed by atoms with van der Waals surface area (Å²) in [6.45, 7) is 1.67. The van der Waals surface area contributed by atoms with Gasteiger partial charge in [-0.2, -0.15) is 0 Å². The summed E-state index contributed by atoms with van der Waals surface area (Å²) in [5, 5.41) is 12.8. The van der Waals surface area contributed by atoms with Gasteiger partial charge in [-0.3, -0.25) is 34.0 Å². The van der Waals surface area contributed by atoms with Gasteiger partial charge in [-0.15, -0.1) is 0 Å². The van der Waals surface area contributed by atoms with E-state index in [0.29, 0.717) is 12.8 Å². The molecule has 16 nitrogen and oxygen atoms in total. The molecule has 0 saturated carbocycles. The Morgan fingerprint density at radius 2 is 1.08 bits per heavy atom. The summed E-state index contributed by atoms with van der Waals surface area (Å²) < 4.78 is 1.000. The zero-order valence-electron chi connectivity index (χ0n) is 29.5. The van der Waals surface area contributed by atoms with Crippen LogP contribution in [-0.4, -0.2) is 78.7 Å². The van der Waals surface area contributed by atoms with Crippen LogP contribution in [0.5, 0.6) is 0 Å². The van der Waals surface area contributed by atoms with Crippen molar-refractivity contribution in [1.29, 1.82) is 0 Å². The maximum absolute atomic E-state index is 14.0. The molecule has 0 fully saturated rings. The maximum Gasteiger partial charge on any atom is 0.243 e. The number of rotatable bonds is 20. The van der Waals surface area contributed by atoms with E-state index in [1.165, 1.54) is 6.92 Å². The smallest absolute Gasteiger partial charge is 0.243 e. The third-order valence-corrected chi connectivity index (χ3v) is 8.84. The van der Waals surface area contributed by atoms with Crippen molar-refractivity contribution in [2.45, 2.75) is 69.6 Å². The lowest BCUT2D eigenvalue weighted by Gasteiger charge is -2.26. The molecule has 0 aromatic heterocycles. The first-order chi connectivity index (χ1) is 25.2. The van der Waals surface area contributed by atoms with Gasteiger partial charge in [0, 0.05) is 36.4 Å². The molecule has 3 aromatic rings. The van der Waals surface area contributed by atoms with Gasteiger partial charge in [0.2, 0.25) is 29.5 Å². The number of amides is 5. The average Bonchev–Trinajstić information content (AvgIpc) is 3.10. The zero-order valence-corrected chi connectivity index (χ0v) is 31.7. The van der Waals surface area contributed by atoms with Crippen LogP contribution in [0.1, 0.15) is 43.7 Å². The molecule has 0 spiro atoms. The summed E-state index contributed by atoms with van der Waals surface area (Å²) in [5.41, 5.74) is 28.9. The van der Waals surface area contributed by atoms with Crippen molar-refractivity contribution >= 4 is 74.8 Å². The normalized spacial score (nSPS) is 13.0. The number of guanidine groups is 2. The third-order valence-electron chi connectivity index (χ3n) is 8.12. The fourth-order valence-electron chi connectivity index (χ4n) is 5.50. The van der Waals surface area contributed by atoms with Gasteiger partial charge in [0.15, 0.2) is 11.9 Å². The predicted octanol–water partition coefficient (Wildman–Crippen LogP) is -0.219. The Morgan fingerprint density at radius 1 is 0.604 bits per heavy atom. The van der Waals surface area contributed by atoms with Crippen LogP contribution in [0.25, 0.3) is 10.8 Å². The molecule has 3 aromatic carbocycles. The van der Waals surface area contributed by atoms with E-state index in [2.05, 4.69) is 53.8 Å². The Bertz CT molecular complexity index is 1790. The van der Waals surface area contributed by atoms with E-state index >= 15 is 0 Å². The zero-order chi connectivity index (χ0) is 38.9. The van der Waals surface area contributed by atoms with Crippen molar-refractivity contribution < 1.29 is 24.0 Å². The number of hydrogen-bond donors (Lipinski definition) is 9. The molecule has 0 aliphatic carbocycles. The van der Waals surface area contributed by atoms with E-state index in [1.807, 2.05) is 66.7 Å². The standard InChI is InChI=1S/C36H48IN11O5/c1-21(49)45-29(19-22-11-14-26(37)15-12-22)33(52)47-28(9-5-17-44-36(41)42)32(51)48-30(20-23-10-13-24-6-2-3-7-25(24)18-23)34(53)46-27(31(38)50)8-4-16-43-35(39)40/h2-3,6-7,10-15,18,27-30H,4-5,8-9,16-17,19-20H2,1H3,(H2,38,50)(H,45,49)(H,46,53)(H,47,52)(H,48,51)(H4,39,40,43)(H4,41,42,44)/t27-,28-,29+,30+/m0/s1. The molecule has 0 saturated heterocycles. The molecule has 0 radical (unpaired) electrons. The first kappa shape index (κ1) is 42.0. The van der Waals surface area contributed by atoms with Crippen LogP contribution in [-0.2, 0) is 36.8 Å². The number of carbonyl (C=O) groups excluding carboxylic acids is 5. The summed E-state index contributed by atoms with van der Waals surface area (Å²) >= 11 is 2.17. The van der Waals surface area contributed by atoms with Crippen LogP contribution < -0.4 is 49.9 Å². The lowest BCUT2D eigenvalue weighted by molar-refractivity contribution is -0.134. The first-order valence-corrected chi connectivity index (χ1v) is 18.1. The summed E-state index contributed by atoms with van der Waals surface area (Å²) in [5.74, 6) is -3.40. The minimum Gasteiger partial charge on any atom is -0.370 e. The number of fused-ring (bicyclic) bond motifs is 1. The van der Waals surface area contributed by atoms with E-state index in [-0.39, 0.29) is 50.7 Å². The van der Waals surface area contributed by atoms with Crippen molar-refractivity contribution in [3.63, 3.8) is 0 Å². The molecule has 0 unspecified atom stereocenters. The second kappa shape index (κ2) is 21.2. The number of benzene rings is 3. The first-order valence-electron chi connectivity index (χ1n) is 17.0. The number of hydrogen-bond acceptors (Lipinski definition) is 7. The van der Waals surface area contributed by atoms with Gasteiger partial charge in [-0.05, 0) is 82.3 Å². The fourth-order valence-corrected chi connectivity index (χ4v) is 5.86. The third kappa shape index (κ3) is 15.0. The SMILES string of the molecule is CC(=O)N[C@H](Cc1ccc(I)cc1)C(=O)N[C@@H](CCCN=C(N)N)C(=O)N[C@H](Cc1ccc2ccccc2c1)C(=O)N[C@@H](CCCN=C(N)N)C(N)=O. The monoisotopic (exact) mass is 841 g/mol. The van der Waals surface area contributed by atoms with Gasteiger partial charge in [-0.1, -0.05) is 54.6 Å². The number of carbonyl (C=O) groups is 5. The molecule has 14 N–H and O–H groups in total. The number of aliphatic imine (C=N–C) groups is 2. The molecular formula is C36H48IN11O5. The number of nitrogens with zero attached hydrogens (tertiary/aromatic N) is 2. The minimum absolute atomic E-state index is 0.0396. The van der Waals surface area contributed by atoms with Crippen LogP contribution in [0.4, 0.5) is 0 Å². The molecule has 5 amide bonds. The van der Waals surface area contributed by atoms with E-state index in [1.54, 1.807) is 0 Å². The molecule has 0 heterocycles. The summed E-state index contributed by atoms with van der Waals surface area (Å²) in [6.07, 6.45) is 1.06. The molecule has 17 heteroatoms. The molecule has 3 rings (SSSR count). The van der Waals surface area contributed by atoms with Crippen LogP contribution >= 0.6 is 22.6 Å². The number of nitrogens with one attached hydrogen (secondary N) is 4. The highest BCUT2D eigenvalue weighted by Gasteiger charge is 2.31. The molecule has 284 valence electrons. The van der Waals surface area contributed by atoms with Crippen LogP contribution in [0, 0.1) is 3.57 Å². The predicted molar refractivity (Wildman–Crippen MR) is 213 cm³/mol. The largest absolute Gasteiger partial charge is 0.370 e. The van der Waals surface area contributed by atoms with Crippen molar-refractivity contribution in [2.24, 2.45) is 38.7 Å². The van der Waals surface area contributed by atoms with Gasteiger partial charge < -0.3 is 49.9 Å². The van der Waals surface area contributed by atoms with E-state index in [4.69, 9.17) is 28.7 Å². The van der Waals surface area contributed by atoms with Crippen LogP contribution in [0.2, 0.25) is 0 Å². The molecule has 4 atom stereocenters. The van der Waals surface area contributed by atoms with Crippen LogP contribution in [0.3, 0.4) is 0 Å². The molecule has 0 aliphatic heterocycles. The van der Waals surface area contributed by atoms with Crippen LogP contribution in [0.15, 0.2) is 76.7 Å². The Labute approximate surface area is 321 Å². The van der Waals surface area contributed by atoms with Crippen molar-refractivity contribution in [1.82, 2.24) is 21.3 Å². The average molecular weight is 842 g/mol. The maximum atomic E-state index is 14.0. The van der Waals surface area contributed by atoms with Gasteiger partial charge in [-0.25, -0.2) is 0 Å². The Balaban J connectivity index is 1.90. The Morgan fingerprint density at radius 3 is 1.64 bits per heavy atom. The number of nitrogens with two attached hydrogens (primary N) is 5. The van der Waals surface area contributed by atoms with E-state index < -0.39 is 53.7 Å². The number of primary amides is 1. The Hall–Kier alpha value is -5.46. The van der Waals surface area contributed by atoms with E-state index in [0.717, 1.165) is 25.5 Å². The van der Waals surface area contributed by atoms with Gasteiger partial charge in [0.1, 0.15) is 24.2 Å². The van der Waals surface area contributed by atoms with Gasteiger partial charge in [0.05, 0.1) is 0 Å². The van der Waals surface area contributed by atoms with Gasteiger partial charge >= 0.3 is 0 Å². The summed E-state index contributed by atoms with van der Waals surface area (Å²) in [6, 6.07) is 16.3. The van der Waals surface area contributed by atoms with Crippen molar-refractivity contribution in [3.05, 3.63) is 81.4 Å². The fraction of sp³-hybridized carbons (Fsp3) is 0.361. The summed E-state index contributed by atoms with van der Waals surface area (Å²) in [4.78, 5) is 73.9. The molecule has 53 heavy (non-hydrogen) atoms. The quantitative estimate of drug-likeness (QED) is 0.0314. The molecular weight excluding hydrogens is 793 g/mol. The van der Waals surface area contributed by atoms with Crippen molar-refractivity contribution in [3.8, 4) is 0 Å². The lowest BCUT2D eigenvalue weighted by Crippen LogP contribution is -2.58. The topological polar surface area (TPSA) is 288 Å².